The van der Waals surface area contributed by atoms with Crippen molar-refractivity contribution < 1.29 is 14.5 Å². The number of carbonyl (C=O) groups excluding carboxylic acids is 1. The first kappa shape index (κ1) is 17.2. The normalized spacial score (nSPS) is 16.0. The van der Waals surface area contributed by atoms with E-state index >= 15 is 0 Å². The third-order valence-electron chi connectivity index (χ3n) is 3.91. The summed E-state index contributed by atoms with van der Waals surface area (Å²) in [5.41, 5.74) is 0.000593. The van der Waals surface area contributed by atoms with Gasteiger partial charge in [-0.15, -0.1) is 0 Å². The minimum Gasteiger partial charge on any atom is -0.484 e. The van der Waals surface area contributed by atoms with Crippen molar-refractivity contribution in [2.24, 2.45) is 0 Å². The van der Waals surface area contributed by atoms with Gasteiger partial charge in [-0.3, -0.25) is 14.9 Å². The number of nitrogens with one attached hydrogen (secondary N) is 1. The molecule has 0 aliphatic carbocycles. The number of nitro benzene ring substituents is 1. The van der Waals surface area contributed by atoms with Gasteiger partial charge in [0.25, 0.3) is 11.6 Å². The summed E-state index contributed by atoms with van der Waals surface area (Å²) in [5.74, 6) is 0.292. The SMILES string of the molecule is CCCN1CCC(NC(=O)COc2ccc([N+](=O)[O-])cc2)CC1. The van der Waals surface area contributed by atoms with Crippen molar-refractivity contribution in [2.45, 2.75) is 32.2 Å². The molecule has 0 aromatic heterocycles. The zero-order valence-corrected chi connectivity index (χ0v) is 13.4. The van der Waals surface area contributed by atoms with Crippen molar-refractivity contribution in [3.05, 3.63) is 34.4 Å². The molecule has 1 heterocycles. The number of benzene rings is 1. The van der Waals surface area contributed by atoms with Crippen LogP contribution in [0.5, 0.6) is 5.75 Å². The molecule has 0 radical (unpaired) electrons. The molecule has 1 saturated heterocycles. The summed E-state index contributed by atoms with van der Waals surface area (Å²) in [5, 5.41) is 13.5. The predicted molar refractivity (Wildman–Crippen MR) is 86.5 cm³/mol. The molecule has 7 nitrogen and oxygen atoms in total. The third kappa shape index (κ3) is 5.52. The molecule has 0 bridgehead atoms. The standard InChI is InChI=1S/C16H23N3O4/c1-2-9-18-10-7-13(8-11-18)17-16(20)12-23-15-5-3-14(4-6-15)19(21)22/h3-6,13H,2,7-12H2,1H3,(H,17,20). The molecule has 1 aliphatic heterocycles. The second-order valence-electron chi connectivity index (χ2n) is 5.72. The Morgan fingerprint density at radius 3 is 2.57 bits per heavy atom. The lowest BCUT2D eigenvalue weighted by atomic mass is 10.0. The minimum absolute atomic E-state index is 0.000593. The van der Waals surface area contributed by atoms with E-state index in [0.29, 0.717) is 5.75 Å². The summed E-state index contributed by atoms with van der Waals surface area (Å²) < 4.78 is 5.36. The number of carbonyl (C=O) groups is 1. The molecule has 7 heteroatoms. The summed E-state index contributed by atoms with van der Waals surface area (Å²) in [6, 6.07) is 5.91. The molecule has 126 valence electrons. The maximum absolute atomic E-state index is 11.9. The first-order valence-electron chi connectivity index (χ1n) is 7.97. The van der Waals surface area contributed by atoms with Gasteiger partial charge in [-0.25, -0.2) is 0 Å². The molecule has 0 saturated carbocycles. The first-order valence-corrected chi connectivity index (χ1v) is 7.97. The summed E-state index contributed by atoms with van der Waals surface area (Å²) in [6.45, 7) is 5.24. The number of amides is 1. The van der Waals surface area contributed by atoms with Gasteiger partial charge in [0.1, 0.15) is 5.75 Å². The largest absolute Gasteiger partial charge is 0.484 e. The molecule has 2 rings (SSSR count). The van der Waals surface area contributed by atoms with Gasteiger partial charge in [0, 0.05) is 31.3 Å². The number of nitrogens with zero attached hydrogens (tertiary/aromatic N) is 2. The highest BCUT2D eigenvalue weighted by Gasteiger charge is 2.20. The van der Waals surface area contributed by atoms with E-state index in [2.05, 4.69) is 17.1 Å². The fraction of sp³-hybridized carbons (Fsp3) is 0.562. The number of nitro groups is 1. The summed E-state index contributed by atoms with van der Waals surface area (Å²) >= 11 is 0. The van der Waals surface area contributed by atoms with E-state index in [-0.39, 0.29) is 24.2 Å². The number of non-ortho nitro benzene ring substituents is 1. The van der Waals surface area contributed by atoms with Crippen LogP contribution in [0.4, 0.5) is 5.69 Å². The number of hydrogen-bond acceptors (Lipinski definition) is 5. The fourth-order valence-corrected chi connectivity index (χ4v) is 2.70. The van der Waals surface area contributed by atoms with Crippen LogP contribution in [0.1, 0.15) is 26.2 Å². The maximum atomic E-state index is 11.9. The molecule has 0 atom stereocenters. The molecule has 0 unspecified atom stereocenters. The molecular formula is C16H23N3O4. The zero-order valence-electron chi connectivity index (χ0n) is 13.4. The van der Waals surface area contributed by atoms with Crippen molar-refractivity contribution in [3.8, 4) is 5.75 Å². The minimum atomic E-state index is -0.471. The molecule has 1 aromatic carbocycles. The summed E-state index contributed by atoms with van der Waals surface area (Å²) in [4.78, 5) is 24.4. The summed E-state index contributed by atoms with van der Waals surface area (Å²) in [7, 11) is 0. The lowest BCUT2D eigenvalue weighted by Crippen LogP contribution is -2.46. The van der Waals surface area contributed by atoms with E-state index in [1.165, 1.54) is 24.3 Å². The van der Waals surface area contributed by atoms with Crippen LogP contribution in [0.2, 0.25) is 0 Å². The fourth-order valence-electron chi connectivity index (χ4n) is 2.70. The second kappa shape index (κ2) is 8.47. The van der Waals surface area contributed by atoms with Crippen LogP contribution in [0.3, 0.4) is 0 Å². The van der Waals surface area contributed by atoms with Crippen molar-refractivity contribution in [1.29, 1.82) is 0 Å². The number of rotatable bonds is 7. The van der Waals surface area contributed by atoms with Crippen LogP contribution >= 0.6 is 0 Å². The average Bonchev–Trinajstić information content (AvgIpc) is 2.55. The van der Waals surface area contributed by atoms with E-state index in [0.717, 1.165) is 38.9 Å². The van der Waals surface area contributed by atoms with Gasteiger partial charge in [0.05, 0.1) is 4.92 Å². The molecule has 1 N–H and O–H groups in total. The van der Waals surface area contributed by atoms with Gasteiger partial charge >= 0.3 is 0 Å². The Bertz CT molecular complexity index is 525. The van der Waals surface area contributed by atoms with Gasteiger partial charge in [-0.1, -0.05) is 6.92 Å². The molecular weight excluding hydrogens is 298 g/mol. The van der Waals surface area contributed by atoms with Crippen LogP contribution in [0.25, 0.3) is 0 Å². The van der Waals surface area contributed by atoms with Gasteiger partial charge in [0.15, 0.2) is 6.61 Å². The number of likely N-dealkylation sites (tertiary alicyclic amines) is 1. The van der Waals surface area contributed by atoms with Crippen molar-refractivity contribution in [1.82, 2.24) is 10.2 Å². The monoisotopic (exact) mass is 321 g/mol. The van der Waals surface area contributed by atoms with Crippen molar-refractivity contribution in [2.75, 3.05) is 26.2 Å². The van der Waals surface area contributed by atoms with E-state index in [4.69, 9.17) is 4.74 Å². The number of piperidine rings is 1. The Kier molecular flexibility index (Phi) is 6.34. The third-order valence-corrected chi connectivity index (χ3v) is 3.91. The highest BCUT2D eigenvalue weighted by Crippen LogP contribution is 2.17. The Morgan fingerprint density at radius 2 is 2.00 bits per heavy atom. The lowest BCUT2D eigenvalue weighted by Gasteiger charge is -2.32. The maximum Gasteiger partial charge on any atom is 0.269 e. The Balaban J connectivity index is 1.70. The summed E-state index contributed by atoms with van der Waals surface area (Å²) in [6.07, 6.45) is 3.08. The van der Waals surface area contributed by atoms with Crippen LogP contribution in [-0.2, 0) is 4.79 Å². The Labute approximate surface area is 135 Å². The number of hydrogen-bond donors (Lipinski definition) is 1. The Hall–Kier alpha value is -2.15. The second-order valence-corrected chi connectivity index (χ2v) is 5.72. The highest BCUT2D eigenvalue weighted by atomic mass is 16.6. The molecule has 1 amide bonds. The van der Waals surface area contributed by atoms with E-state index < -0.39 is 4.92 Å². The molecule has 1 fully saturated rings. The van der Waals surface area contributed by atoms with Crippen LogP contribution in [-0.4, -0.2) is 48.0 Å². The zero-order chi connectivity index (χ0) is 16.7. The van der Waals surface area contributed by atoms with Crippen molar-refractivity contribution in [3.63, 3.8) is 0 Å². The van der Waals surface area contributed by atoms with Gasteiger partial charge in [0.2, 0.25) is 0 Å². The molecule has 1 aliphatic rings. The molecule has 23 heavy (non-hydrogen) atoms. The topological polar surface area (TPSA) is 84.7 Å². The average molecular weight is 321 g/mol. The van der Waals surface area contributed by atoms with Gasteiger partial charge in [-0.05, 0) is 37.9 Å². The smallest absolute Gasteiger partial charge is 0.269 e. The van der Waals surface area contributed by atoms with Crippen molar-refractivity contribution >= 4 is 11.6 Å². The van der Waals surface area contributed by atoms with Gasteiger partial charge < -0.3 is 15.0 Å². The molecule has 1 aromatic rings. The van der Waals surface area contributed by atoms with Crippen LogP contribution < -0.4 is 10.1 Å². The van der Waals surface area contributed by atoms with Gasteiger partial charge in [-0.2, -0.15) is 0 Å². The van der Waals surface area contributed by atoms with E-state index in [9.17, 15) is 14.9 Å². The van der Waals surface area contributed by atoms with Crippen LogP contribution in [0, 0.1) is 10.1 Å². The number of ether oxygens (including phenoxy) is 1. The quantitative estimate of drug-likeness (QED) is 0.613. The van der Waals surface area contributed by atoms with E-state index in [1.807, 2.05) is 0 Å². The predicted octanol–water partition coefficient (Wildman–Crippen LogP) is 1.96. The Morgan fingerprint density at radius 1 is 1.35 bits per heavy atom. The lowest BCUT2D eigenvalue weighted by molar-refractivity contribution is -0.384. The van der Waals surface area contributed by atoms with Crippen LogP contribution in [0.15, 0.2) is 24.3 Å². The van der Waals surface area contributed by atoms with E-state index in [1.54, 1.807) is 0 Å². The highest BCUT2D eigenvalue weighted by molar-refractivity contribution is 5.77. The first-order chi connectivity index (χ1) is 11.1. The molecule has 0 spiro atoms.